The highest BCUT2D eigenvalue weighted by atomic mass is 79.9. The minimum atomic E-state index is -0.424. The van der Waals surface area contributed by atoms with Gasteiger partial charge in [-0.25, -0.2) is 9.78 Å². The van der Waals surface area contributed by atoms with Crippen LogP contribution in [0.2, 0.25) is 0 Å². The molecule has 0 aliphatic heterocycles. The van der Waals surface area contributed by atoms with Crippen molar-refractivity contribution in [1.82, 2.24) is 9.97 Å². The van der Waals surface area contributed by atoms with Crippen molar-refractivity contribution in [2.75, 3.05) is 17.7 Å². The number of hydrogen-bond donors (Lipinski definition) is 2. The van der Waals surface area contributed by atoms with Gasteiger partial charge in [0.25, 0.3) is 0 Å². The predicted molar refractivity (Wildman–Crippen MR) is 101 cm³/mol. The van der Waals surface area contributed by atoms with E-state index in [-0.39, 0.29) is 0 Å². The summed E-state index contributed by atoms with van der Waals surface area (Å²) in [5.41, 5.74) is 1.90. The lowest BCUT2D eigenvalue weighted by Gasteiger charge is -2.11. The quantitative estimate of drug-likeness (QED) is 0.615. The highest BCUT2D eigenvalue weighted by molar-refractivity contribution is 9.10. The zero-order valence-corrected chi connectivity index (χ0v) is 14.9. The Morgan fingerprint density at radius 3 is 2.56 bits per heavy atom. The van der Waals surface area contributed by atoms with E-state index >= 15 is 0 Å². The van der Waals surface area contributed by atoms with Gasteiger partial charge in [0, 0.05) is 16.4 Å². The van der Waals surface area contributed by atoms with Gasteiger partial charge in [0.15, 0.2) is 0 Å². The summed E-state index contributed by atoms with van der Waals surface area (Å²) in [7, 11) is 1.35. The molecule has 3 aromatic rings. The molecule has 0 radical (unpaired) electrons. The third-order valence-electron chi connectivity index (χ3n) is 3.35. The molecule has 0 amide bonds. The number of methoxy groups -OCH3 is 1. The summed E-state index contributed by atoms with van der Waals surface area (Å²) in [4.78, 5) is 20.5. The molecule has 7 heteroatoms. The van der Waals surface area contributed by atoms with Gasteiger partial charge in [-0.3, -0.25) is 0 Å². The van der Waals surface area contributed by atoms with E-state index in [1.807, 2.05) is 30.3 Å². The SMILES string of the molecule is COC(=O)c1ccccc1Nc1nccc(Nc2ccc(Br)cc2)n1. The van der Waals surface area contributed by atoms with Gasteiger partial charge in [-0.1, -0.05) is 28.1 Å². The number of hydrogen-bond acceptors (Lipinski definition) is 6. The molecule has 2 aromatic carbocycles. The Labute approximate surface area is 153 Å². The molecule has 0 aliphatic rings. The van der Waals surface area contributed by atoms with E-state index in [0.717, 1.165) is 10.2 Å². The van der Waals surface area contributed by atoms with Crippen molar-refractivity contribution in [3.8, 4) is 0 Å². The van der Waals surface area contributed by atoms with Crippen LogP contribution in [0.25, 0.3) is 0 Å². The molecule has 0 saturated carbocycles. The molecule has 126 valence electrons. The molecular weight excluding hydrogens is 384 g/mol. The number of aromatic nitrogens is 2. The third kappa shape index (κ3) is 4.33. The molecule has 0 unspecified atom stereocenters. The zero-order chi connectivity index (χ0) is 17.6. The standard InChI is InChI=1S/C18H15BrN4O2/c1-25-17(24)14-4-2-3-5-15(14)22-18-20-11-10-16(23-18)21-13-8-6-12(19)7-9-13/h2-11H,1H3,(H2,20,21,22,23). The average Bonchev–Trinajstić information content (AvgIpc) is 2.64. The summed E-state index contributed by atoms with van der Waals surface area (Å²) in [5.74, 6) is 0.584. The molecule has 0 bridgehead atoms. The third-order valence-corrected chi connectivity index (χ3v) is 3.88. The van der Waals surface area contributed by atoms with Gasteiger partial charge < -0.3 is 15.4 Å². The van der Waals surface area contributed by atoms with E-state index in [2.05, 4.69) is 36.5 Å². The second-order valence-electron chi connectivity index (χ2n) is 5.06. The highest BCUT2D eigenvalue weighted by Crippen LogP contribution is 2.22. The van der Waals surface area contributed by atoms with Crippen LogP contribution in [0.4, 0.5) is 23.1 Å². The van der Waals surface area contributed by atoms with E-state index in [1.165, 1.54) is 7.11 Å². The van der Waals surface area contributed by atoms with Crippen LogP contribution >= 0.6 is 15.9 Å². The molecule has 2 N–H and O–H groups in total. The average molecular weight is 399 g/mol. The van der Waals surface area contributed by atoms with Crippen molar-refractivity contribution in [2.24, 2.45) is 0 Å². The minimum Gasteiger partial charge on any atom is -0.465 e. The predicted octanol–water partition coefficient (Wildman–Crippen LogP) is 4.51. The Balaban J connectivity index is 1.81. The Morgan fingerprint density at radius 2 is 1.80 bits per heavy atom. The van der Waals surface area contributed by atoms with Gasteiger partial charge >= 0.3 is 5.97 Å². The molecule has 0 aliphatic carbocycles. The van der Waals surface area contributed by atoms with Gasteiger partial charge in [0.05, 0.1) is 18.4 Å². The van der Waals surface area contributed by atoms with Crippen LogP contribution in [0.15, 0.2) is 65.3 Å². The molecule has 0 spiro atoms. The summed E-state index contributed by atoms with van der Waals surface area (Å²) in [6, 6.07) is 16.5. The second kappa shape index (κ2) is 7.76. The summed E-state index contributed by atoms with van der Waals surface area (Å²) in [6.45, 7) is 0. The molecule has 3 rings (SSSR count). The zero-order valence-electron chi connectivity index (χ0n) is 13.4. The van der Waals surface area contributed by atoms with Gasteiger partial charge in [0.1, 0.15) is 5.82 Å². The van der Waals surface area contributed by atoms with E-state index < -0.39 is 5.97 Å². The van der Waals surface area contributed by atoms with Crippen LogP contribution in [-0.4, -0.2) is 23.0 Å². The van der Waals surface area contributed by atoms with Gasteiger partial charge in [-0.2, -0.15) is 4.98 Å². The number of halogens is 1. The first-order chi connectivity index (χ1) is 12.2. The summed E-state index contributed by atoms with van der Waals surface area (Å²) < 4.78 is 5.79. The second-order valence-corrected chi connectivity index (χ2v) is 5.98. The Morgan fingerprint density at radius 1 is 1.04 bits per heavy atom. The fourth-order valence-corrected chi connectivity index (χ4v) is 2.43. The first-order valence-corrected chi connectivity index (χ1v) is 8.25. The Kier molecular flexibility index (Phi) is 5.25. The van der Waals surface area contributed by atoms with Crippen LogP contribution in [0.3, 0.4) is 0 Å². The number of nitrogens with one attached hydrogen (secondary N) is 2. The van der Waals surface area contributed by atoms with Gasteiger partial charge in [-0.15, -0.1) is 0 Å². The fourth-order valence-electron chi connectivity index (χ4n) is 2.17. The van der Waals surface area contributed by atoms with Crippen molar-refractivity contribution in [1.29, 1.82) is 0 Å². The van der Waals surface area contributed by atoms with E-state index in [1.54, 1.807) is 30.5 Å². The van der Waals surface area contributed by atoms with Crippen LogP contribution < -0.4 is 10.6 Å². The van der Waals surface area contributed by atoms with Crippen LogP contribution in [-0.2, 0) is 4.74 Å². The highest BCUT2D eigenvalue weighted by Gasteiger charge is 2.12. The van der Waals surface area contributed by atoms with Crippen molar-refractivity contribution < 1.29 is 9.53 Å². The molecular formula is C18H15BrN4O2. The van der Waals surface area contributed by atoms with E-state index in [9.17, 15) is 4.79 Å². The number of para-hydroxylation sites is 1. The smallest absolute Gasteiger partial charge is 0.339 e. The lowest BCUT2D eigenvalue weighted by molar-refractivity contribution is 0.0602. The number of benzene rings is 2. The number of ether oxygens (including phenoxy) is 1. The Hall–Kier alpha value is -2.93. The maximum atomic E-state index is 11.8. The van der Waals surface area contributed by atoms with E-state index in [0.29, 0.717) is 23.0 Å². The van der Waals surface area contributed by atoms with Crippen molar-refractivity contribution >= 4 is 45.0 Å². The Bertz CT molecular complexity index is 884. The summed E-state index contributed by atoms with van der Waals surface area (Å²) in [5, 5.41) is 6.25. The number of esters is 1. The van der Waals surface area contributed by atoms with Crippen molar-refractivity contribution in [3.05, 3.63) is 70.8 Å². The van der Waals surface area contributed by atoms with Crippen LogP contribution in [0.5, 0.6) is 0 Å². The molecule has 25 heavy (non-hydrogen) atoms. The van der Waals surface area contributed by atoms with Crippen LogP contribution in [0, 0.1) is 0 Å². The number of nitrogens with zero attached hydrogens (tertiary/aromatic N) is 2. The van der Waals surface area contributed by atoms with Crippen molar-refractivity contribution in [2.45, 2.75) is 0 Å². The molecule has 1 heterocycles. The lowest BCUT2D eigenvalue weighted by atomic mass is 10.2. The maximum Gasteiger partial charge on any atom is 0.339 e. The molecule has 0 saturated heterocycles. The number of rotatable bonds is 5. The monoisotopic (exact) mass is 398 g/mol. The topological polar surface area (TPSA) is 76.1 Å². The van der Waals surface area contributed by atoms with Crippen LogP contribution in [0.1, 0.15) is 10.4 Å². The van der Waals surface area contributed by atoms with E-state index in [4.69, 9.17) is 4.74 Å². The lowest BCUT2D eigenvalue weighted by Crippen LogP contribution is -2.07. The maximum absolute atomic E-state index is 11.8. The molecule has 0 atom stereocenters. The number of carbonyl (C=O) groups excluding carboxylic acids is 1. The molecule has 6 nitrogen and oxygen atoms in total. The van der Waals surface area contributed by atoms with Gasteiger partial charge in [-0.05, 0) is 42.5 Å². The van der Waals surface area contributed by atoms with Crippen molar-refractivity contribution in [3.63, 3.8) is 0 Å². The molecule has 1 aromatic heterocycles. The van der Waals surface area contributed by atoms with Gasteiger partial charge in [0.2, 0.25) is 5.95 Å². The first kappa shape index (κ1) is 16.9. The minimum absolute atomic E-state index is 0.374. The fraction of sp³-hybridized carbons (Fsp3) is 0.0556. The number of carbonyl (C=O) groups is 1. The largest absolute Gasteiger partial charge is 0.465 e. The first-order valence-electron chi connectivity index (χ1n) is 7.46. The molecule has 0 fully saturated rings. The summed E-state index contributed by atoms with van der Waals surface area (Å²) in [6.07, 6.45) is 1.64. The summed E-state index contributed by atoms with van der Waals surface area (Å²) >= 11 is 3.40. The normalized spacial score (nSPS) is 10.2. The number of anilines is 4.